The molecular weight excluding hydrogens is 455 g/mol. The van der Waals surface area contributed by atoms with E-state index < -0.39 is 17.6 Å². The van der Waals surface area contributed by atoms with Crippen LogP contribution in [0.5, 0.6) is 5.75 Å². The number of amides is 1. The fourth-order valence-electron chi connectivity index (χ4n) is 3.33. The lowest BCUT2D eigenvalue weighted by molar-refractivity contribution is -0.137. The first-order chi connectivity index (χ1) is 15.8. The molecule has 2 heterocycles. The van der Waals surface area contributed by atoms with Gasteiger partial charge in [0.1, 0.15) is 12.3 Å². The third-order valence-electron chi connectivity index (χ3n) is 4.79. The van der Waals surface area contributed by atoms with Gasteiger partial charge in [0.15, 0.2) is 5.82 Å². The second kappa shape index (κ2) is 8.94. The van der Waals surface area contributed by atoms with Gasteiger partial charge < -0.3 is 10.1 Å². The second-order valence-electron chi connectivity index (χ2n) is 6.93. The molecule has 7 nitrogen and oxygen atoms in total. The average molecular weight is 473 g/mol. The lowest BCUT2D eigenvalue weighted by Crippen LogP contribution is -2.22. The van der Waals surface area contributed by atoms with Crippen molar-refractivity contribution in [3.8, 4) is 17.1 Å². The van der Waals surface area contributed by atoms with Gasteiger partial charge in [-0.1, -0.05) is 24.3 Å². The maximum Gasteiger partial charge on any atom is 0.418 e. The minimum atomic E-state index is -4.60. The smallest absolute Gasteiger partial charge is 0.418 e. The van der Waals surface area contributed by atoms with Crippen LogP contribution in [0.4, 0.5) is 18.9 Å². The van der Waals surface area contributed by atoms with Crippen LogP contribution in [0.25, 0.3) is 11.4 Å². The standard InChI is InChI=1S/C22H18F3N5O2S/c1-32-18-11-5-2-8-15(18)20-27-29(21(33)30(20)28-12-6-7-13-28)14-19(31)26-17-10-4-3-9-16(17)22(23,24)25/h2-13H,14H2,1H3,(H,26,31). The summed E-state index contributed by atoms with van der Waals surface area (Å²) in [4.78, 5) is 12.7. The number of nitrogens with zero attached hydrogens (tertiary/aromatic N) is 4. The summed E-state index contributed by atoms with van der Waals surface area (Å²) in [5, 5.41) is 6.80. The summed E-state index contributed by atoms with van der Waals surface area (Å²) in [5.41, 5.74) is -0.646. The van der Waals surface area contributed by atoms with E-state index in [9.17, 15) is 18.0 Å². The Bertz CT molecular complexity index is 1340. The Hall–Kier alpha value is -3.86. The van der Waals surface area contributed by atoms with Gasteiger partial charge in [-0.05, 0) is 48.6 Å². The van der Waals surface area contributed by atoms with Crippen LogP contribution in [-0.4, -0.2) is 32.1 Å². The minimum absolute atomic E-state index is 0.173. The maximum atomic E-state index is 13.3. The number of benzene rings is 2. The highest BCUT2D eigenvalue weighted by molar-refractivity contribution is 7.71. The van der Waals surface area contributed by atoms with Gasteiger partial charge in [-0.3, -0.25) is 9.47 Å². The molecule has 0 saturated carbocycles. The Morgan fingerprint density at radius 3 is 2.42 bits per heavy atom. The lowest BCUT2D eigenvalue weighted by atomic mass is 10.1. The van der Waals surface area contributed by atoms with Gasteiger partial charge in [-0.2, -0.15) is 13.2 Å². The molecule has 11 heteroatoms. The van der Waals surface area contributed by atoms with Crippen molar-refractivity contribution in [3.05, 3.63) is 83.4 Å². The molecule has 0 spiro atoms. The van der Waals surface area contributed by atoms with E-state index in [2.05, 4.69) is 10.4 Å². The maximum absolute atomic E-state index is 13.3. The molecule has 0 fully saturated rings. The van der Waals surface area contributed by atoms with Crippen LogP contribution in [0, 0.1) is 4.77 Å². The zero-order valence-corrected chi connectivity index (χ0v) is 18.1. The third kappa shape index (κ3) is 4.53. The van der Waals surface area contributed by atoms with E-state index in [4.69, 9.17) is 17.0 Å². The SMILES string of the molecule is COc1ccccc1-c1nn(CC(=O)Nc2ccccc2C(F)(F)F)c(=S)n1-n1cccc1. The molecule has 170 valence electrons. The van der Waals surface area contributed by atoms with E-state index in [1.807, 2.05) is 0 Å². The second-order valence-corrected chi connectivity index (χ2v) is 7.30. The van der Waals surface area contributed by atoms with E-state index in [1.54, 1.807) is 58.1 Å². The number of carbonyl (C=O) groups excluding carboxylic acids is 1. The summed E-state index contributed by atoms with van der Waals surface area (Å²) < 4.78 is 49.9. The number of rotatable bonds is 6. The molecule has 0 bridgehead atoms. The number of nitrogens with one attached hydrogen (secondary N) is 1. The Labute approximate surface area is 191 Å². The number of aromatic nitrogens is 4. The number of hydrogen-bond donors (Lipinski definition) is 1. The first kappa shape index (κ1) is 22.3. The van der Waals surface area contributed by atoms with Crippen LogP contribution >= 0.6 is 12.2 Å². The van der Waals surface area contributed by atoms with Crippen molar-refractivity contribution < 1.29 is 22.7 Å². The first-order valence-electron chi connectivity index (χ1n) is 9.72. The van der Waals surface area contributed by atoms with Gasteiger partial charge in [0.05, 0.1) is 23.9 Å². The Kier molecular flexibility index (Phi) is 6.05. The van der Waals surface area contributed by atoms with Crippen molar-refractivity contribution in [2.45, 2.75) is 12.7 Å². The molecule has 2 aromatic carbocycles. The van der Waals surface area contributed by atoms with Gasteiger partial charge in [0.2, 0.25) is 10.7 Å². The third-order valence-corrected chi connectivity index (χ3v) is 5.17. The van der Waals surface area contributed by atoms with Crippen LogP contribution < -0.4 is 10.1 Å². The van der Waals surface area contributed by atoms with Crippen molar-refractivity contribution in [2.75, 3.05) is 12.4 Å². The quantitative estimate of drug-likeness (QED) is 0.406. The number of methoxy groups -OCH3 is 1. The molecule has 33 heavy (non-hydrogen) atoms. The molecule has 4 rings (SSSR count). The van der Waals surface area contributed by atoms with E-state index in [0.29, 0.717) is 17.1 Å². The van der Waals surface area contributed by atoms with E-state index in [1.165, 1.54) is 30.0 Å². The average Bonchev–Trinajstić information content (AvgIpc) is 3.41. The molecule has 0 saturated heterocycles. The number of para-hydroxylation sites is 2. The predicted octanol–water partition coefficient (Wildman–Crippen LogP) is 4.86. The largest absolute Gasteiger partial charge is 0.496 e. The van der Waals surface area contributed by atoms with Crippen LogP contribution in [0.3, 0.4) is 0 Å². The topological polar surface area (TPSA) is 66.0 Å². The van der Waals surface area contributed by atoms with E-state index in [0.717, 1.165) is 6.07 Å². The van der Waals surface area contributed by atoms with Crippen molar-refractivity contribution >= 4 is 23.8 Å². The summed E-state index contributed by atoms with van der Waals surface area (Å²) in [7, 11) is 1.52. The molecule has 0 aliphatic rings. The highest BCUT2D eigenvalue weighted by Gasteiger charge is 2.33. The van der Waals surface area contributed by atoms with Crippen LogP contribution in [-0.2, 0) is 17.5 Å². The van der Waals surface area contributed by atoms with Crippen molar-refractivity contribution in [1.29, 1.82) is 0 Å². The summed E-state index contributed by atoms with van der Waals surface area (Å²) in [6, 6.07) is 15.5. The number of carbonyl (C=O) groups is 1. The molecule has 4 aromatic rings. The van der Waals surface area contributed by atoms with Gasteiger partial charge in [0.25, 0.3) is 0 Å². The number of hydrogen-bond acceptors (Lipinski definition) is 4. The fraction of sp³-hybridized carbons (Fsp3) is 0.136. The van der Waals surface area contributed by atoms with Crippen molar-refractivity contribution in [3.63, 3.8) is 0 Å². The highest BCUT2D eigenvalue weighted by atomic mass is 32.1. The summed E-state index contributed by atoms with van der Waals surface area (Å²) in [5.74, 6) is 0.241. The summed E-state index contributed by atoms with van der Waals surface area (Å²) >= 11 is 5.55. The minimum Gasteiger partial charge on any atom is -0.496 e. The number of anilines is 1. The molecule has 1 amide bonds. The first-order valence-corrected chi connectivity index (χ1v) is 10.1. The summed E-state index contributed by atoms with van der Waals surface area (Å²) in [6.07, 6.45) is -1.10. The van der Waals surface area contributed by atoms with Crippen LogP contribution in [0.2, 0.25) is 0 Å². The zero-order chi connectivity index (χ0) is 23.6. The van der Waals surface area contributed by atoms with Crippen LogP contribution in [0.1, 0.15) is 5.56 Å². The lowest BCUT2D eigenvalue weighted by Gasteiger charge is -2.13. The Morgan fingerprint density at radius 1 is 1.06 bits per heavy atom. The number of ether oxygens (including phenoxy) is 1. The molecule has 0 aliphatic carbocycles. The predicted molar refractivity (Wildman–Crippen MR) is 118 cm³/mol. The molecule has 0 unspecified atom stereocenters. The van der Waals surface area contributed by atoms with Gasteiger partial charge in [0, 0.05) is 12.4 Å². The number of alkyl halides is 3. The monoisotopic (exact) mass is 473 g/mol. The Balaban J connectivity index is 1.72. The Morgan fingerprint density at radius 2 is 1.73 bits per heavy atom. The zero-order valence-electron chi connectivity index (χ0n) is 17.3. The summed E-state index contributed by atoms with van der Waals surface area (Å²) in [6.45, 7) is -0.387. The van der Waals surface area contributed by atoms with Crippen molar-refractivity contribution in [1.82, 2.24) is 19.1 Å². The van der Waals surface area contributed by atoms with Gasteiger partial charge in [-0.25, -0.2) is 9.36 Å². The fourth-order valence-corrected chi connectivity index (χ4v) is 3.62. The molecule has 1 N–H and O–H groups in total. The molecule has 0 radical (unpaired) electrons. The molecule has 0 aliphatic heterocycles. The van der Waals surface area contributed by atoms with Crippen LogP contribution in [0.15, 0.2) is 73.1 Å². The van der Waals surface area contributed by atoms with E-state index >= 15 is 0 Å². The van der Waals surface area contributed by atoms with Gasteiger partial charge in [-0.15, -0.1) is 5.10 Å². The molecule has 0 atom stereocenters. The van der Waals surface area contributed by atoms with E-state index in [-0.39, 0.29) is 17.0 Å². The molecule has 2 aromatic heterocycles. The van der Waals surface area contributed by atoms with Crippen molar-refractivity contribution in [2.24, 2.45) is 0 Å². The normalized spacial score (nSPS) is 11.4. The molecular formula is C22H18F3N5O2S. The highest BCUT2D eigenvalue weighted by Crippen LogP contribution is 2.34. The van der Waals surface area contributed by atoms with Gasteiger partial charge >= 0.3 is 6.18 Å². The number of halogens is 3.